The molecule has 150 valence electrons. The quantitative estimate of drug-likeness (QED) is 0.184. The van der Waals surface area contributed by atoms with Gasteiger partial charge in [0.2, 0.25) is 0 Å². The first kappa shape index (κ1) is 24.4. The Kier molecular flexibility index (Phi) is 9.11. The third-order valence-corrected chi connectivity index (χ3v) is 10.3. The lowest BCUT2D eigenvalue weighted by atomic mass is 9.99. The Balaban J connectivity index is 5.54. The maximum atomic E-state index is 13.3. The summed E-state index contributed by atoms with van der Waals surface area (Å²) in [5, 5.41) is 10.9. The summed E-state index contributed by atoms with van der Waals surface area (Å²) in [5.41, 5.74) is 0. The molecule has 0 amide bonds. The molecule has 0 bridgehead atoms. The van der Waals surface area contributed by atoms with Gasteiger partial charge in [0.05, 0.1) is 0 Å². The summed E-state index contributed by atoms with van der Waals surface area (Å²) in [5.74, 6) is 0.204. The number of halogens is 3. The van der Waals surface area contributed by atoms with Crippen molar-refractivity contribution in [2.75, 3.05) is 0 Å². The monoisotopic (exact) mass is 385 g/mol. The van der Waals surface area contributed by atoms with Crippen molar-refractivity contribution in [2.45, 2.75) is 103 Å². The van der Waals surface area contributed by atoms with E-state index >= 15 is 0 Å². The van der Waals surface area contributed by atoms with Gasteiger partial charge in [0.25, 0.3) is 0 Å². The number of nitrogens with zero attached hydrogens (tertiary/aromatic N) is 1. The van der Waals surface area contributed by atoms with Crippen molar-refractivity contribution in [3.63, 3.8) is 0 Å². The lowest BCUT2D eigenvalue weighted by Gasteiger charge is -2.44. The van der Waals surface area contributed by atoms with Gasteiger partial charge in [-0.25, -0.2) is 0 Å². The van der Waals surface area contributed by atoms with Crippen LogP contribution in [0.3, 0.4) is 0 Å². The van der Waals surface area contributed by atoms with E-state index in [0.717, 1.165) is 19.3 Å². The number of hydrogen-bond donors (Lipinski definition) is 0. The highest BCUT2D eigenvalue weighted by atomic mass is 28.4. The minimum Gasteiger partial charge on any atom is -0.407 e. The first-order valence-electron chi connectivity index (χ1n) is 9.06. The molecule has 0 rings (SSSR count). The summed E-state index contributed by atoms with van der Waals surface area (Å²) in [6, 6.07) is -2.66. The van der Waals surface area contributed by atoms with Crippen LogP contribution in [0, 0.1) is 16.0 Å². The van der Waals surface area contributed by atoms with Crippen LogP contribution in [0.2, 0.25) is 18.1 Å². The number of rotatable bonds is 11. The van der Waals surface area contributed by atoms with Crippen LogP contribution in [-0.2, 0) is 4.43 Å². The number of hydrogen-bond acceptors (Lipinski definition) is 3. The maximum absolute atomic E-state index is 13.3. The number of unbranched alkanes of at least 4 members (excludes halogenated alkanes) is 3. The van der Waals surface area contributed by atoms with Crippen LogP contribution in [0.25, 0.3) is 0 Å². The SMILES string of the molecule is CCCCCC[C@H](O[Si](C)(C)C(C)(C)C(C)C)[C@@H]([N+](=O)[O-])C(F)(F)F. The Morgan fingerprint density at radius 1 is 1.12 bits per heavy atom. The molecular formula is C17H34F3NO3Si. The average Bonchev–Trinajstić information content (AvgIpc) is 2.40. The summed E-state index contributed by atoms with van der Waals surface area (Å²) in [6.45, 7) is 13.7. The van der Waals surface area contributed by atoms with Crippen molar-refractivity contribution in [2.24, 2.45) is 5.92 Å². The Morgan fingerprint density at radius 2 is 1.64 bits per heavy atom. The van der Waals surface area contributed by atoms with E-state index in [1.165, 1.54) is 0 Å². The smallest absolute Gasteiger partial charge is 0.407 e. The van der Waals surface area contributed by atoms with Crippen LogP contribution in [-0.4, -0.2) is 31.6 Å². The fourth-order valence-electron chi connectivity index (χ4n) is 2.75. The van der Waals surface area contributed by atoms with Gasteiger partial charge in [-0.05, 0) is 30.5 Å². The number of alkyl halides is 3. The van der Waals surface area contributed by atoms with E-state index in [9.17, 15) is 23.3 Å². The third-order valence-electron chi connectivity index (χ3n) is 5.70. The predicted octanol–water partition coefficient (Wildman–Crippen LogP) is 6.19. The van der Waals surface area contributed by atoms with E-state index in [1.54, 1.807) is 0 Å². The van der Waals surface area contributed by atoms with Gasteiger partial charge in [0.15, 0.2) is 8.32 Å². The van der Waals surface area contributed by atoms with Crippen molar-refractivity contribution in [3.8, 4) is 0 Å². The molecule has 0 aromatic rings. The Hall–Kier alpha value is -0.633. The molecule has 0 aromatic carbocycles. The van der Waals surface area contributed by atoms with Gasteiger partial charge >= 0.3 is 12.2 Å². The zero-order chi connectivity index (χ0) is 20.1. The summed E-state index contributed by atoms with van der Waals surface area (Å²) >= 11 is 0. The highest BCUT2D eigenvalue weighted by molar-refractivity contribution is 6.74. The van der Waals surface area contributed by atoms with Gasteiger partial charge in [-0.2, -0.15) is 13.2 Å². The second-order valence-corrected chi connectivity index (χ2v) is 12.7. The van der Waals surface area contributed by atoms with Crippen LogP contribution in [0.4, 0.5) is 13.2 Å². The summed E-state index contributed by atoms with van der Waals surface area (Å²) in [4.78, 5) is 9.94. The zero-order valence-corrected chi connectivity index (χ0v) is 17.6. The Labute approximate surface area is 150 Å². The summed E-state index contributed by atoms with van der Waals surface area (Å²) < 4.78 is 45.9. The molecule has 0 radical (unpaired) electrons. The van der Waals surface area contributed by atoms with Crippen molar-refractivity contribution < 1.29 is 22.5 Å². The molecule has 4 nitrogen and oxygen atoms in total. The molecule has 0 heterocycles. The molecule has 0 unspecified atom stereocenters. The lowest BCUT2D eigenvalue weighted by molar-refractivity contribution is -0.573. The van der Waals surface area contributed by atoms with Gasteiger partial charge in [0.1, 0.15) is 6.10 Å². The minimum absolute atomic E-state index is 0.0652. The van der Waals surface area contributed by atoms with Crippen LogP contribution in [0.1, 0.15) is 66.7 Å². The predicted molar refractivity (Wildman–Crippen MR) is 96.8 cm³/mol. The van der Waals surface area contributed by atoms with E-state index in [-0.39, 0.29) is 17.4 Å². The highest BCUT2D eigenvalue weighted by Gasteiger charge is 2.57. The molecule has 0 aliphatic rings. The molecule has 0 aliphatic heterocycles. The van der Waals surface area contributed by atoms with Gasteiger partial charge < -0.3 is 4.43 Å². The molecular weight excluding hydrogens is 351 g/mol. The van der Waals surface area contributed by atoms with Crippen LogP contribution in [0.15, 0.2) is 0 Å². The minimum atomic E-state index is -4.91. The Morgan fingerprint density at radius 3 is 2.00 bits per heavy atom. The van der Waals surface area contributed by atoms with Crippen LogP contribution >= 0.6 is 0 Å². The van der Waals surface area contributed by atoms with E-state index in [0.29, 0.717) is 6.42 Å². The van der Waals surface area contributed by atoms with Crippen molar-refractivity contribution in [1.82, 2.24) is 0 Å². The molecule has 0 aliphatic carbocycles. The first-order chi connectivity index (χ1) is 11.2. The van der Waals surface area contributed by atoms with Gasteiger partial charge in [-0.3, -0.25) is 10.1 Å². The molecule has 0 aromatic heterocycles. The molecule has 8 heteroatoms. The van der Waals surface area contributed by atoms with E-state index in [2.05, 4.69) is 0 Å². The summed E-state index contributed by atoms with van der Waals surface area (Å²) in [6.07, 6.45) is -3.16. The van der Waals surface area contributed by atoms with Crippen molar-refractivity contribution in [1.29, 1.82) is 0 Å². The van der Waals surface area contributed by atoms with E-state index in [4.69, 9.17) is 4.43 Å². The van der Waals surface area contributed by atoms with Gasteiger partial charge in [0, 0.05) is 4.92 Å². The number of nitro groups is 1. The third kappa shape index (κ3) is 6.88. The van der Waals surface area contributed by atoms with Gasteiger partial charge in [-0.15, -0.1) is 0 Å². The lowest BCUT2D eigenvalue weighted by Crippen LogP contribution is -2.54. The largest absolute Gasteiger partial charge is 0.460 e. The van der Waals surface area contributed by atoms with E-state index < -0.39 is 31.6 Å². The maximum Gasteiger partial charge on any atom is 0.460 e. The molecule has 0 N–H and O–H groups in total. The molecule has 0 fully saturated rings. The van der Waals surface area contributed by atoms with Gasteiger partial charge in [-0.1, -0.05) is 60.3 Å². The van der Waals surface area contributed by atoms with E-state index in [1.807, 2.05) is 47.7 Å². The zero-order valence-electron chi connectivity index (χ0n) is 16.6. The van der Waals surface area contributed by atoms with Crippen LogP contribution < -0.4 is 0 Å². The Bertz CT molecular complexity index is 426. The second-order valence-electron chi connectivity index (χ2n) is 8.16. The topological polar surface area (TPSA) is 52.4 Å². The van der Waals surface area contributed by atoms with Crippen molar-refractivity contribution >= 4 is 8.32 Å². The second kappa shape index (κ2) is 9.35. The fourth-order valence-corrected chi connectivity index (χ4v) is 5.44. The average molecular weight is 386 g/mol. The molecule has 0 spiro atoms. The summed E-state index contributed by atoms with van der Waals surface area (Å²) in [7, 11) is -2.62. The molecule has 0 saturated heterocycles. The fraction of sp³-hybridized carbons (Fsp3) is 1.00. The molecule has 0 saturated carbocycles. The standard InChI is InChI=1S/C17H34F3NO3Si/c1-8-9-10-11-12-14(15(21(22)23)17(18,19)20)24-25(6,7)16(4,5)13(2)3/h13-15H,8-12H2,1-7H3/t14-,15+/m0/s1. The van der Waals surface area contributed by atoms with Crippen molar-refractivity contribution in [3.05, 3.63) is 10.1 Å². The molecule has 2 atom stereocenters. The normalized spacial score (nSPS) is 16.1. The molecule has 25 heavy (non-hydrogen) atoms. The van der Waals surface area contributed by atoms with Crippen LogP contribution in [0.5, 0.6) is 0 Å². The highest BCUT2D eigenvalue weighted by Crippen LogP contribution is 2.46. The first-order valence-corrected chi connectivity index (χ1v) is 12.0.